The lowest BCUT2D eigenvalue weighted by Crippen LogP contribution is -2.35. The van der Waals surface area contributed by atoms with E-state index in [2.05, 4.69) is 58.8 Å². The van der Waals surface area contributed by atoms with Gasteiger partial charge in [-0.05, 0) is 33.6 Å². The van der Waals surface area contributed by atoms with Gasteiger partial charge in [-0.15, -0.1) is 11.3 Å². The standard InChI is InChI=1S/C16H29N3S/c1-15(2,3)13-12(10-17-16(4,5)6)20-14(18-13)19(7)11-8-9-11/h11,17H,8-10H2,1-7H3. The normalized spacial score (nSPS) is 16.6. The van der Waals surface area contributed by atoms with Gasteiger partial charge in [-0.2, -0.15) is 0 Å². The van der Waals surface area contributed by atoms with Crippen LogP contribution in [0.25, 0.3) is 0 Å². The lowest BCUT2D eigenvalue weighted by atomic mass is 9.91. The van der Waals surface area contributed by atoms with E-state index in [1.54, 1.807) is 0 Å². The maximum absolute atomic E-state index is 4.95. The van der Waals surface area contributed by atoms with Crippen LogP contribution in [0.4, 0.5) is 5.13 Å². The molecule has 20 heavy (non-hydrogen) atoms. The number of nitrogens with one attached hydrogen (secondary N) is 1. The quantitative estimate of drug-likeness (QED) is 0.912. The van der Waals surface area contributed by atoms with Crippen LogP contribution >= 0.6 is 11.3 Å². The van der Waals surface area contributed by atoms with Crippen molar-refractivity contribution in [1.82, 2.24) is 10.3 Å². The van der Waals surface area contributed by atoms with Gasteiger partial charge < -0.3 is 10.2 Å². The molecule has 0 spiro atoms. The van der Waals surface area contributed by atoms with Gasteiger partial charge in [0.1, 0.15) is 0 Å². The first kappa shape index (κ1) is 15.8. The highest BCUT2D eigenvalue weighted by Crippen LogP contribution is 2.37. The molecule has 114 valence electrons. The van der Waals surface area contributed by atoms with E-state index in [0.29, 0.717) is 0 Å². The molecule has 3 nitrogen and oxygen atoms in total. The Morgan fingerprint density at radius 2 is 1.80 bits per heavy atom. The van der Waals surface area contributed by atoms with Crippen LogP contribution in [0.5, 0.6) is 0 Å². The summed E-state index contributed by atoms with van der Waals surface area (Å²) in [6.45, 7) is 14.3. The first-order chi connectivity index (χ1) is 9.08. The summed E-state index contributed by atoms with van der Waals surface area (Å²) >= 11 is 1.86. The maximum Gasteiger partial charge on any atom is 0.185 e. The highest BCUT2D eigenvalue weighted by molar-refractivity contribution is 7.15. The first-order valence-electron chi connectivity index (χ1n) is 7.56. The van der Waals surface area contributed by atoms with Crippen molar-refractivity contribution in [3.63, 3.8) is 0 Å². The Labute approximate surface area is 127 Å². The van der Waals surface area contributed by atoms with Crippen LogP contribution in [0.1, 0.15) is 65.0 Å². The molecule has 0 bridgehead atoms. The Morgan fingerprint density at radius 3 is 2.25 bits per heavy atom. The van der Waals surface area contributed by atoms with Crippen molar-refractivity contribution < 1.29 is 0 Å². The number of rotatable bonds is 4. The molecule has 1 saturated carbocycles. The number of hydrogen-bond acceptors (Lipinski definition) is 4. The van der Waals surface area contributed by atoms with Gasteiger partial charge in [-0.1, -0.05) is 20.8 Å². The molecule has 2 rings (SSSR count). The summed E-state index contributed by atoms with van der Waals surface area (Å²) in [5, 5.41) is 4.78. The molecule has 0 aromatic carbocycles. The van der Waals surface area contributed by atoms with E-state index in [1.807, 2.05) is 11.3 Å². The summed E-state index contributed by atoms with van der Waals surface area (Å²) in [5.41, 5.74) is 1.50. The Bertz CT molecular complexity index is 461. The van der Waals surface area contributed by atoms with E-state index in [1.165, 1.54) is 28.5 Å². The molecule has 4 heteroatoms. The molecule has 1 N–H and O–H groups in total. The van der Waals surface area contributed by atoms with Crippen LogP contribution in [-0.4, -0.2) is 23.6 Å². The molecule has 0 saturated heterocycles. The van der Waals surface area contributed by atoms with Gasteiger partial charge in [0, 0.05) is 35.5 Å². The van der Waals surface area contributed by atoms with E-state index in [0.717, 1.165) is 12.6 Å². The minimum atomic E-state index is 0.105. The topological polar surface area (TPSA) is 28.2 Å². The van der Waals surface area contributed by atoms with Crippen molar-refractivity contribution in [2.45, 2.75) is 77.9 Å². The van der Waals surface area contributed by atoms with Crippen molar-refractivity contribution in [3.05, 3.63) is 10.6 Å². The van der Waals surface area contributed by atoms with E-state index < -0.39 is 0 Å². The average Bonchev–Trinajstić information content (AvgIpc) is 3.02. The lowest BCUT2D eigenvalue weighted by Gasteiger charge is -2.22. The fraction of sp³-hybridized carbons (Fsp3) is 0.812. The smallest absolute Gasteiger partial charge is 0.185 e. The van der Waals surface area contributed by atoms with Crippen molar-refractivity contribution in [2.75, 3.05) is 11.9 Å². The Kier molecular flexibility index (Phi) is 4.18. The zero-order chi connectivity index (χ0) is 15.1. The molecule has 1 aromatic heterocycles. The summed E-state index contributed by atoms with van der Waals surface area (Å²) in [7, 11) is 2.18. The fourth-order valence-corrected chi connectivity index (χ4v) is 3.40. The van der Waals surface area contributed by atoms with E-state index >= 15 is 0 Å². The summed E-state index contributed by atoms with van der Waals surface area (Å²) in [6.07, 6.45) is 2.63. The molecule has 1 aliphatic carbocycles. The number of thiazole rings is 1. The Balaban J connectivity index is 2.23. The minimum absolute atomic E-state index is 0.105. The number of hydrogen-bond donors (Lipinski definition) is 1. The third-order valence-corrected chi connectivity index (χ3v) is 4.72. The van der Waals surface area contributed by atoms with Crippen LogP contribution in [-0.2, 0) is 12.0 Å². The largest absolute Gasteiger partial charge is 0.348 e. The zero-order valence-electron chi connectivity index (χ0n) is 14.0. The molecule has 0 radical (unpaired) electrons. The number of anilines is 1. The van der Waals surface area contributed by atoms with Crippen molar-refractivity contribution >= 4 is 16.5 Å². The van der Waals surface area contributed by atoms with E-state index in [-0.39, 0.29) is 11.0 Å². The molecule has 0 atom stereocenters. The summed E-state index contributed by atoms with van der Waals surface area (Å²) in [4.78, 5) is 8.69. The van der Waals surface area contributed by atoms with Crippen molar-refractivity contribution in [2.24, 2.45) is 0 Å². The maximum atomic E-state index is 4.95. The van der Waals surface area contributed by atoms with Crippen LogP contribution in [0.2, 0.25) is 0 Å². The number of aromatic nitrogens is 1. The second-order valence-corrected chi connectivity index (χ2v) is 9.03. The van der Waals surface area contributed by atoms with E-state index in [4.69, 9.17) is 4.98 Å². The average molecular weight is 295 g/mol. The van der Waals surface area contributed by atoms with Gasteiger partial charge in [0.15, 0.2) is 5.13 Å². The SMILES string of the molecule is CN(c1nc(C(C)(C)C)c(CNC(C)(C)C)s1)C1CC1. The second kappa shape index (κ2) is 5.30. The van der Waals surface area contributed by atoms with Gasteiger partial charge in [0.05, 0.1) is 5.69 Å². The molecule has 0 unspecified atom stereocenters. The molecule has 1 heterocycles. The predicted octanol–water partition coefficient (Wildman–Crippen LogP) is 3.93. The first-order valence-corrected chi connectivity index (χ1v) is 8.37. The molecule has 1 aliphatic rings. The van der Waals surface area contributed by atoms with Crippen LogP contribution < -0.4 is 10.2 Å². The van der Waals surface area contributed by atoms with Crippen LogP contribution in [0, 0.1) is 0 Å². The summed E-state index contributed by atoms with van der Waals surface area (Å²) < 4.78 is 0. The van der Waals surface area contributed by atoms with Crippen molar-refractivity contribution in [3.8, 4) is 0 Å². The third kappa shape index (κ3) is 3.95. The minimum Gasteiger partial charge on any atom is -0.348 e. The highest BCUT2D eigenvalue weighted by Gasteiger charge is 2.31. The Hall–Kier alpha value is -0.610. The monoisotopic (exact) mass is 295 g/mol. The second-order valence-electron chi connectivity index (χ2n) is 7.96. The van der Waals surface area contributed by atoms with Gasteiger partial charge in [0.2, 0.25) is 0 Å². The van der Waals surface area contributed by atoms with Crippen LogP contribution in [0.15, 0.2) is 0 Å². The molecule has 1 fully saturated rings. The Morgan fingerprint density at radius 1 is 1.20 bits per heavy atom. The molecule has 0 amide bonds. The van der Waals surface area contributed by atoms with Crippen molar-refractivity contribution in [1.29, 1.82) is 0 Å². The molecular formula is C16H29N3S. The fourth-order valence-electron chi connectivity index (χ4n) is 2.16. The van der Waals surface area contributed by atoms with Gasteiger partial charge in [0.25, 0.3) is 0 Å². The third-order valence-electron chi connectivity index (χ3n) is 3.57. The summed E-state index contributed by atoms with van der Waals surface area (Å²) in [6, 6.07) is 0.720. The summed E-state index contributed by atoms with van der Waals surface area (Å²) in [5.74, 6) is 0. The van der Waals surface area contributed by atoms with Crippen LogP contribution in [0.3, 0.4) is 0 Å². The molecule has 0 aliphatic heterocycles. The van der Waals surface area contributed by atoms with Gasteiger partial charge in [-0.3, -0.25) is 0 Å². The van der Waals surface area contributed by atoms with Gasteiger partial charge in [-0.25, -0.2) is 4.98 Å². The van der Waals surface area contributed by atoms with E-state index in [9.17, 15) is 0 Å². The predicted molar refractivity (Wildman–Crippen MR) is 88.8 cm³/mol. The van der Waals surface area contributed by atoms with Gasteiger partial charge >= 0.3 is 0 Å². The highest BCUT2D eigenvalue weighted by atomic mass is 32.1. The zero-order valence-corrected chi connectivity index (χ0v) is 14.8. The number of nitrogens with zero attached hydrogens (tertiary/aromatic N) is 2. The molecular weight excluding hydrogens is 266 g/mol. The lowest BCUT2D eigenvalue weighted by molar-refractivity contribution is 0.422. The molecule has 1 aromatic rings.